The van der Waals surface area contributed by atoms with Gasteiger partial charge in [-0.05, 0) is 20.8 Å². The van der Waals surface area contributed by atoms with E-state index in [9.17, 15) is 9.90 Å². The minimum atomic E-state index is -0.476. The number of aliphatic hydroxyl groups is 1. The zero-order valence-corrected chi connectivity index (χ0v) is 10.5. The largest absolute Gasteiger partial charge is 0.444 e. The number of ether oxygens (including phenoxy) is 2. The van der Waals surface area contributed by atoms with Gasteiger partial charge in [-0.2, -0.15) is 0 Å². The van der Waals surface area contributed by atoms with Crippen LogP contribution in [0.2, 0.25) is 0 Å². The molecule has 0 aromatic carbocycles. The van der Waals surface area contributed by atoms with E-state index in [1.54, 1.807) is 4.90 Å². The van der Waals surface area contributed by atoms with Gasteiger partial charge in [-0.3, -0.25) is 4.90 Å². The van der Waals surface area contributed by atoms with E-state index in [0.717, 1.165) is 0 Å². The van der Waals surface area contributed by atoms with Crippen LogP contribution in [0.4, 0.5) is 4.79 Å². The summed E-state index contributed by atoms with van der Waals surface area (Å²) < 4.78 is 10.8. The lowest BCUT2D eigenvalue weighted by Crippen LogP contribution is -2.84. The third-order valence-corrected chi connectivity index (χ3v) is 4.24. The Kier molecular flexibility index (Phi) is 2.09. The quantitative estimate of drug-likeness (QED) is 0.675. The van der Waals surface area contributed by atoms with E-state index in [1.165, 1.54) is 0 Å². The minimum Gasteiger partial charge on any atom is -0.444 e. The molecule has 2 heterocycles. The van der Waals surface area contributed by atoms with Gasteiger partial charge in [0.05, 0.1) is 24.9 Å². The molecule has 4 atom stereocenters. The highest BCUT2D eigenvalue weighted by Crippen LogP contribution is 2.59. The molecule has 3 aliphatic rings. The molecule has 0 aromatic heterocycles. The van der Waals surface area contributed by atoms with Gasteiger partial charge in [-0.25, -0.2) is 4.79 Å². The molecule has 3 fully saturated rings. The van der Waals surface area contributed by atoms with E-state index in [2.05, 4.69) is 0 Å². The maximum Gasteiger partial charge on any atom is 0.410 e. The van der Waals surface area contributed by atoms with Gasteiger partial charge in [-0.1, -0.05) is 0 Å². The van der Waals surface area contributed by atoms with Crippen LogP contribution in [0.5, 0.6) is 0 Å². The number of hydrogen-bond acceptors (Lipinski definition) is 4. The maximum absolute atomic E-state index is 12.0. The molecule has 96 valence electrons. The molecule has 1 aliphatic carbocycles. The standard InChI is InChI=1S/C12H19NO4/c1-11(2,3)17-10(15)13-4-7-9(14)8-5-16-6-12(7,8)13/h7-9,14H,4-6H2,1-3H3. The summed E-state index contributed by atoms with van der Waals surface area (Å²) in [4.78, 5) is 13.8. The summed E-state index contributed by atoms with van der Waals surface area (Å²) >= 11 is 0. The van der Waals surface area contributed by atoms with Crippen molar-refractivity contribution in [3.8, 4) is 0 Å². The first kappa shape index (κ1) is 11.3. The molecular formula is C12H19NO4. The van der Waals surface area contributed by atoms with Gasteiger partial charge >= 0.3 is 6.09 Å². The Balaban J connectivity index is 1.73. The van der Waals surface area contributed by atoms with Crippen molar-refractivity contribution >= 4 is 6.09 Å². The Labute approximate surface area is 101 Å². The third kappa shape index (κ3) is 1.29. The van der Waals surface area contributed by atoms with E-state index in [4.69, 9.17) is 9.47 Å². The Hall–Kier alpha value is -0.810. The lowest BCUT2D eigenvalue weighted by Gasteiger charge is -2.68. The molecule has 0 bridgehead atoms. The van der Waals surface area contributed by atoms with Gasteiger partial charge in [0.1, 0.15) is 5.60 Å². The van der Waals surface area contributed by atoms with Crippen LogP contribution in [0.15, 0.2) is 0 Å². The number of rotatable bonds is 0. The number of likely N-dealkylation sites (tertiary alicyclic amines) is 1. The van der Waals surface area contributed by atoms with E-state index in [0.29, 0.717) is 19.8 Å². The van der Waals surface area contributed by atoms with E-state index >= 15 is 0 Å². The summed E-state index contributed by atoms with van der Waals surface area (Å²) in [6, 6.07) is 0. The van der Waals surface area contributed by atoms with Crippen molar-refractivity contribution in [1.29, 1.82) is 0 Å². The monoisotopic (exact) mass is 241 g/mol. The van der Waals surface area contributed by atoms with Crippen LogP contribution in [0.1, 0.15) is 20.8 Å². The second kappa shape index (κ2) is 3.14. The van der Waals surface area contributed by atoms with Gasteiger partial charge in [-0.15, -0.1) is 0 Å². The van der Waals surface area contributed by atoms with Gasteiger partial charge in [0.2, 0.25) is 0 Å². The Morgan fingerprint density at radius 1 is 1.47 bits per heavy atom. The van der Waals surface area contributed by atoms with Crippen LogP contribution >= 0.6 is 0 Å². The maximum atomic E-state index is 12.0. The predicted molar refractivity (Wildman–Crippen MR) is 59.5 cm³/mol. The van der Waals surface area contributed by atoms with E-state index in [-0.39, 0.29) is 29.6 Å². The molecular weight excluding hydrogens is 222 g/mol. The lowest BCUT2D eigenvalue weighted by atomic mass is 9.51. The molecule has 1 saturated carbocycles. The highest BCUT2D eigenvalue weighted by molar-refractivity contribution is 5.72. The van der Waals surface area contributed by atoms with Gasteiger partial charge in [0.15, 0.2) is 0 Å². The van der Waals surface area contributed by atoms with Crippen LogP contribution in [0, 0.1) is 11.8 Å². The highest BCUT2D eigenvalue weighted by Gasteiger charge is 2.75. The van der Waals surface area contributed by atoms with Crippen LogP contribution in [0.3, 0.4) is 0 Å². The lowest BCUT2D eigenvalue weighted by molar-refractivity contribution is -0.236. The fourth-order valence-corrected chi connectivity index (χ4v) is 3.39. The second-order valence-corrected chi connectivity index (χ2v) is 6.30. The first-order valence-corrected chi connectivity index (χ1v) is 6.13. The number of hydrogen-bond donors (Lipinski definition) is 1. The molecule has 3 rings (SSSR count). The Bertz CT molecular complexity index is 364. The molecule has 17 heavy (non-hydrogen) atoms. The molecule has 1 amide bonds. The zero-order valence-electron chi connectivity index (χ0n) is 10.5. The molecule has 5 nitrogen and oxygen atoms in total. The molecule has 2 saturated heterocycles. The second-order valence-electron chi connectivity index (χ2n) is 6.30. The summed E-state index contributed by atoms with van der Waals surface area (Å²) in [5.41, 5.74) is -0.738. The molecule has 0 radical (unpaired) electrons. The molecule has 0 aromatic rings. The molecule has 4 unspecified atom stereocenters. The average molecular weight is 241 g/mol. The normalized spacial score (nSPS) is 43.3. The summed E-state index contributed by atoms with van der Waals surface area (Å²) in [5.74, 6) is 0.260. The van der Waals surface area contributed by atoms with Crippen LogP contribution in [-0.4, -0.2) is 53.1 Å². The smallest absolute Gasteiger partial charge is 0.410 e. The SMILES string of the molecule is CC(C)(C)OC(=O)N1CC2C(O)C3COCC321. The van der Waals surface area contributed by atoms with Crippen molar-refractivity contribution in [2.45, 2.75) is 38.0 Å². The topological polar surface area (TPSA) is 59.0 Å². The first-order valence-electron chi connectivity index (χ1n) is 6.13. The van der Waals surface area contributed by atoms with Gasteiger partial charge in [0.25, 0.3) is 0 Å². The number of piperidine rings is 1. The Morgan fingerprint density at radius 2 is 2.18 bits per heavy atom. The highest BCUT2D eigenvalue weighted by atomic mass is 16.6. The van der Waals surface area contributed by atoms with Crippen molar-refractivity contribution in [3.63, 3.8) is 0 Å². The van der Waals surface area contributed by atoms with Crippen molar-refractivity contribution in [1.82, 2.24) is 4.90 Å². The molecule has 5 heteroatoms. The average Bonchev–Trinajstić information content (AvgIpc) is 2.56. The van der Waals surface area contributed by atoms with Gasteiger partial charge < -0.3 is 14.6 Å². The summed E-state index contributed by atoms with van der Waals surface area (Å²) in [6.45, 7) is 7.26. The molecule has 2 aliphatic heterocycles. The minimum absolute atomic E-state index is 0.0776. The first-order chi connectivity index (χ1) is 7.86. The van der Waals surface area contributed by atoms with Crippen molar-refractivity contribution < 1.29 is 19.4 Å². The van der Waals surface area contributed by atoms with E-state index in [1.807, 2.05) is 20.8 Å². The van der Waals surface area contributed by atoms with Gasteiger partial charge in [0, 0.05) is 18.4 Å². The number of carbonyl (C=O) groups is 1. The van der Waals surface area contributed by atoms with Crippen molar-refractivity contribution in [2.75, 3.05) is 19.8 Å². The fourth-order valence-electron chi connectivity index (χ4n) is 3.39. The van der Waals surface area contributed by atoms with Crippen LogP contribution in [0.25, 0.3) is 0 Å². The Morgan fingerprint density at radius 3 is 2.82 bits per heavy atom. The van der Waals surface area contributed by atoms with E-state index < -0.39 is 5.60 Å². The number of aliphatic hydroxyl groups excluding tert-OH is 1. The summed E-state index contributed by atoms with van der Waals surface area (Å²) in [7, 11) is 0. The molecule has 1 N–H and O–H groups in total. The van der Waals surface area contributed by atoms with Crippen LogP contribution in [-0.2, 0) is 9.47 Å². The van der Waals surface area contributed by atoms with Crippen molar-refractivity contribution in [3.05, 3.63) is 0 Å². The van der Waals surface area contributed by atoms with Crippen molar-refractivity contribution in [2.24, 2.45) is 11.8 Å². The van der Waals surface area contributed by atoms with Crippen LogP contribution < -0.4 is 0 Å². The third-order valence-electron chi connectivity index (χ3n) is 4.24. The molecule has 1 spiro atoms. The number of carbonyl (C=O) groups excluding carboxylic acids is 1. The fraction of sp³-hybridized carbons (Fsp3) is 0.917. The summed E-state index contributed by atoms with van der Waals surface area (Å²) in [6.07, 6.45) is -0.590. The number of amides is 1. The number of nitrogens with zero attached hydrogens (tertiary/aromatic N) is 1. The predicted octanol–water partition coefficient (Wildman–Crippen LogP) is 0.613. The zero-order chi connectivity index (χ0) is 12.4. The summed E-state index contributed by atoms with van der Waals surface area (Å²) in [5, 5.41) is 9.88.